The Morgan fingerprint density at radius 2 is 1.60 bits per heavy atom. The van der Waals surface area contributed by atoms with E-state index in [1.807, 2.05) is 12.1 Å². The Bertz CT molecular complexity index is 292. The summed E-state index contributed by atoms with van der Waals surface area (Å²) < 4.78 is 5.14. The van der Waals surface area contributed by atoms with Crippen LogP contribution in [0.15, 0.2) is 24.3 Å². The molecule has 0 radical (unpaired) electrons. The van der Waals surface area contributed by atoms with Crippen molar-refractivity contribution in [2.45, 2.75) is 25.6 Å². The molecule has 1 rings (SSSR count). The summed E-state index contributed by atoms with van der Waals surface area (Å²) in [6.45, 7) is 6.78. The molecule has 0 amide bonds. The summed E-state index contributed by atoms with van der Waals surface area (Å²) in [4.78, 5) is 0.420. The predicted molar refractivity (Wildman–Crippen MR) is 68.7 cm³/mol. The van der Waals surface area contributed by atoms with Crippen molar-refractivity contribution in [1.29, 1.82) is 0 Å². The van der Waals surface area contributed by atoms with Gasteiger partial charge in [0.1, 0.15) is 5.75 Å². The van der Waals surface area contributed by atoms with Crippen LogP contribution in [0.3, 0.4) is 0 Å². The number of hydrogen-bond acceptors (Lipinski definition) is 1. The second-order valence-electron chi connectivity index (χ2n) is 4.28. The van der Waals surface area contributed by atoms with E-state index >= 15 is 0 Å². The van der Waals surface area contributed by atoms with E-state index < -0.39 is 0 Å². The van der Waals surface area contributed by atoms with Crippen LogP contribution < -0.4 is 4.74 Å². The molecule has 2 atom stereocenters. The molecule has 0 saturated heterocycles. The van der Waals surface area contributed by atoms with Crippen molar-refractivity contribution in [2.24, 2.45) is 11.8 Å². The summed E-state index contributed by atoms with van der Waals surface area (Å²) in [5.74, 6) is 2.21. The Hall–Kier alpha value is -0.500. The summed E-state index contributed by atoms with van der Waals surface area (Å²) >= 11 is 3.76. The van der Waals surface area contributed by atoms with Gasteiger partial charge in [0.25, 0.3) is 0 Å². The van der Waals surface area contributed by atoms with Gasteiger partial charge in [-0.3, -0.25) is 0 Å². The first-order valence-electron chi connectivity index (χ1n) is 5.34. The smallest absolute Gasteiger partial charge is 0.118 e. The standard InChI is InChI=1S/C13H19BrO/c1-9(2)10(3)13(14)11-5-7-12(15-4)8-6-11/h5-10,13H,1-4H3. The average molecular weight is 271 g/mol. The zero-order chi connectivity index (χ0) is 11.4. The number of benzene rings is 1. The van der Waals surface area contributed by atoms with E-state index in [9.17, 15) is 0 Å². The molecule has 0 aromatic heterocycles. The van der Waals surface area contributed by atoms with Crippen molar-refractivity contribution in [3.63, 3.8) is 0 Å². The Labute approximate surface area is 101 Å². The third kappa shape index (κ3) is 3.23. The lowest BCUT2D eigenvalue weighted by Crippen LogP contribution is -2.10. The fourth-order valence-corrected chi connectivity index (χ4v) is 2.34. The van der Waals surface area contributed by atoms with Crippen LogP contribution in [0.1, 0.15) is 31.2 Å². The van der Waals surface area contributed by atoms with Crippen LogP contribution in [0, 0.1) is 11.8 Å². The van der Waals surface area contributed by atoms with Gasteiger partial charge in [0.05, 0.1) is 7.11 Å². The minimum absolute atomic E-state index is 0.420. The van der Waals surface area contributed by atoms with Gasteiger partial charge in [0, 0.05) is 4.83 Å². The molecular formula is C13H19BrO. The van der Waals surface area contributed by atoms with Crippen LogP contribution >= 0.6 is 15.9 Å². The van der Waals surface area contributed by atoms with Crippen molar-refractivity contribution >= 4 is 15.9 Å². The fraction of sp³-hybridized carbons (Fsp3) is 0.538. The summed E-state index contributed by atoms with van der Waals surface area (Å²) in [7, 11) is 1.69. The van der Waals surface area contributed by atoms with Crippen molar-refractivity contribution < 1.29 is 4.74 Å². The van der Waals surface area contributed by atoms with Gasteiger partial charge in [-0.2, -0.15) is 0 Å². The van der Waals surface area contributed by atoms with Gasteiger partial charge in [-0.1, -0.05) is 48.8 Å². The van der Waals surface area contributed by atoms with Gasteiger partial charge < -0.3 is 4.74 Å². The highest BCUT2D eigenvalue weighted by Gasteiger charge is 2.18. The summed E-state index contributed by atoms with van der Waals surface area (Å²) in [5.41, 5.74) is 1.32. The summed E-state index contributed by atoms with van der Waals surface area (Å²) in [6.07, 6.45) is 0. The molecule has 0 fully saturated rings. The molecule has 0 N–H and O–H groups in total. The highest BCUT2D eigenvalue weighted by atomic mass is 79.9. The molecule has 15 heavy (non-hydrogen) atoms. The molecule has 0 aliphatic heterocycles. The maximum atomic E-state index is 5.14. The van der Waals surface area contributed by atoms with Crippen LogP contribution in [-0.4, -0.2) is 7.11 Å². The number of alkyl halides is 1. The molecule has 1 nitrogen and oxygen atoms in total. The molecule has 0 saturated carbocycles. The van der Waals surface area contributed by atoms with Gasteiger partial charge in [-0.05, 0) is 29.5 Å². The second-order valence-corrected chi connectivity index (χ2v) is 5.26. The number of halogens is 1. The second kappa shape index (κ2) is 5.55. The first-order chi connectivity index (χ1) is 7.06. The Kier molecular flexibility index (Phi) is 4.65. The lowest BCUT2D eigenvalue weighted by molar-refractivity contribution is 0.409. The first kappa shape index (κ1) is 12.6. The monoisotopic (exact) mass is 270 g/mol. The predicted octanol–water partition coefficient (Wildman–Crippen LogP) is 4.42. The van der Waals surface area contributed by atoms with Crippen LogP contribution in [-0.2, 0) is 0 Å². The van der Waals surface area contributed by atoms with Crippen molar-refractivity contribution in [2.75, 3.05) is 7.11 Å². The number of ether oxygens (including phenoxy) is 1. The molecular weight excluding hydrogens is 252 g/mol. The summed E-state index contributed by atoms with van der Waals surface area (Å²) in [5, 5.41) is 0. The van der Waals surface area contributed by atoms with E-state index in [0.29, 0.717) is 16.7 Å². The largest absolute Gasteiger partial charge is 0.497 e. The quantitative estimate of drug-likeness (QED) is 0.736. The molecule has 1 aromatic carbocycles. The van der Waals surface area contributed by atoms with Crippen LogP contribution in [0.2, 0.25) is 0 Å². The highest BCUT2D eigenvalue weighted by Crippen LogP contribution is 2.35. The molecule has 0 heterocycles. The zero-order valence-electron chi connectivity index (χ0n) is 9.83. The normalized spacial score (nSPS) is 15.1. The third-order valence-electron chi connectivity index (χ3n) is 2.95. The van der Waals surface area contributed by atoms with Crippen molar-refractivity contribution in [3.8, 4) is 5.75 Å². The highest BCUT2D eigenvalue weighted by molar-refractivity contribution is 9.09. The third-order valence-corrected chi connectivity index (χ3v) is 4.31. The van der Waals surface area contributed by atoms with Crippen LogP contribution in [0.5, 0.6) is 5.75 Å². The van der Waals surface area contributed by atoms with Gasteiger partial charge >= 0.3 is 0 Å². The van der Waals surface area contributed by atoms with Gasteiger partial charge in [0.2, 0.25) is 0 Å². The molecule has 1 aromatic rings. The fourth-order valence-electron chi connectivity index (χ4n) is 1.43. The van der Waals surface area contributed by atoms with Crippen LogP contribution in [0.4, 0.5) is 0 Å². The molecule has 0 aliphatic rings. The number of hydrogen-bond donors (Lipinski definition) is 0. The first-order valence-corrected chi connectivity index (χ1v) is 6.26. The molecule has 0 spiro atoms. The lowest BCUT2D eigenvalue weighted by Gasteiger charge is -2.22. The average Bonchev–Trinajstić information content (AvgIpc) is 2.27. The zero-order valence-corrected chi connectivity index (χ0v) is 11.4. The van der Waals surface area contributed by atoms with Crippen molar-refractivity contribution in [3.05, 3.63) is 29.8 Å². The molecule has 0 bridgehead atoms. The minimum atomic E-state index is 0.420. The van der Waals surface area contributed by atoms with Crippen molar-refractivity contribution in [1.82, 2.24) is 0 Å². The summed E-state index contributed by atoms with van der Waals surface area (Å²) in [6, 6.07) is 8.27. The molecule has 0 aliphatic carbocycles. The van der Waals surface area contributed by atoms with Gasteiger partial charge in [0.15, 0.2) is 0 Å². The maximum Gasteiger partial charge on any atom is 0.118 e. The van der Waals surface area contributed by atoms with E-state index in [2.05, 4.69) is 48.8 Å². The van der Waals surface area contributed by atoms with Crippen LogP contribution in [0.25, 0.3) is 0 Å². The minimum Gasteiger partial charge on any atom is -0.497 e. The maximum absolute atomic E-state index is 5.14. The lowest BCUT2D eigenvalue weighted by atomic mass is 9.91. The Morgan fingerprint density at radius 1 is 1.07 bits per heavy atom. The van der Waals surface area contributed by atoms with E-state index in [1.165, 1.54) is 5.56 Å². The van der Waals surface area contributed by atoms with E-state index in [-0.39, 0.29) is 0 Å². The molecule has 2 heteroatoms. The number of methoxy groups -OCH3 is 1. The molecule has 84 valence electrons. The molecule has 2 unspecified atom stereocenters. The number of rotatable bonds is 4. The van der Waals surface area contributed by atoms with E-state index in [1.54, 1.807) is 7.11 Å². The topological polar surface area (TPSA) is 9.23 Å². The Morgan fingerprint density at radius 3 is 2.00 bits per heavy atom. The SMILES string of the molecule is COc1ccc(C(Br)C(C)C(C)C)cc1. The van der Waals surface area contributed by atoms with E-state index in [4.69, 9.17) is 4.74 Å². The van der Waals surface area contributed by atoms with Gasteiger partial charge in [-0.25, -0.2) is 0 Å². The van der Waals surface area contributed by atoms with E-state index in [0.717, 1.165) is 5.75 Å². The Balaban J connectivity index is 2.78. The van der Waals surface area contributed by atoms with Gasteiger partial charge in [-0.15, -0.1) is 0 Å².